The molecule has 0 atom stereocenters. The van der Waals surface area contributed by atoms with Gasteiger partial charge in [-0.25, -0.2) is 9.48 Å². The van der Waals surface area contributed by atoms with Gasteiger partial charge in [-0.3, -0.25) is 14.9 Å². The molecule has 0 aliphatic heterocycles. The number of aryl methyl sites for hydroxylation is 1. The third kappa shape index (κ3) is 4.20. The molecule has 0 radical (unpaired) electrons. The van der Waals surface area contributed by atoms with Crippen LogP contribution in [0.1, 0.15) is 41.9 Å². The van der Waals surface area contributed by atoms with E-state index in [1.807, 2.05) is 19.1 Å². The van der Waals surface area contributed by atoms with Gasteiger partial charge in [-0.05, 0) is 49.7 Å². The molecule has 3 rings (SSSR count). The number of carbonyl (C=O) groups is 1. The van der Waals surface area contributed by atoms with Crippen molar-refractivity contribution in [1.29, 1.82) is 0 Å². The maximum absolute atomic E-state index is 13.3. The minimum Gasteiger partial charge on any atom is -0.497 e. The smallest absolute Gasteiger partial charge is 0.340 e. The second-order valence-electron chi connectivity index (χ2n) is 6.76. The summed E-state index contributed by atoms with van der Waals surface area (Å²) >= 11 is 0. The second kappa shape index (κ2) is 9.26. The van der Waals surface area contributed by atoms with Crippen molar-refractivity contribution in [3.05, 3.63) is 75.7 Å². The molecule has 30 heavy (non-hydrogen) atoms. The Balaban J connectivity index is 2.11. The fraction of sp³-hybridized carbons (Fsp3) is 0.261. The van der Waals surface area contributed by atoms with Crippen molar-refractivity contribution >= 4 is 17.4 Å². The van der Waals surface area contributed by atoms with Crippen molar-refractivity contribution in [2.75, 3.05) is 14.2 Å². The van der Waals surface area contributed by atoms with E-state index in [1.54, 1.807) is 50.4 Å². The lowest BCUT2D eigenvalue weighted by atomic mass is 10.1. The number of rotatable bonds is 7. The Morgan fingerprint density at radius 2 is 1.80 bits per heavy atom. The number of nitrogens with zero attached hydrogens (tertiary/aromatic N) is 2. The van der Waals surface area contributed by atoms with Crippen LogP contribution in [0.5, 0.6) is 5.75 Å². The molecule has 7 heteroatoms. The van der Waals surface area contributed by atoms with Gasteiger partial charge >= 0.3 is 5.97 Å². The Labute approximate surface area is 175 Å². The molecular formula is C23H25N3O4. The summed E-state index contributed by atoms with van der Waals surface area (Å²) in [5, 5.41) is 3.21. The number of ether oxygens (including phenoxy) is 2. The summed E-state index contributed by atoms with van der Waals surface area (Å²) in [6.45, 7) is 3.82. The van der Waals surface area contributed by atoms with Gasteiger partial charge in [0, 0.05) is 5.69 Å². The van der Waals surface area contributed by atoms with Crippen LogP contribution in [0, 0.1) is 0 Å². The first-order valence-electron chi connectivity index (χ1n) is 9.71. The summed E-state index contributed by atoms with van der Waals surface area (Å²) in [5.74, 6) is 0.241. The van der Waals surface area contributed by atoms with E-state index in [4.69, 9.17) is 9.47 Å². The maximum Gasteiger partial charge on any atom is 0.340 e. The van der Waals surface area contributed by atoms with Gasteiger partial charge in [0.15, 0.2) is 0 Å². The van der Waals surface area contributed by atoms with E-state index in [0.717, 1.165) is 12.1 Å². The SMILES string of the molecule is CCCc1[nH]n(-c2ccc(OC)cc2)c(=O)c1C(C)=Nc1ccccc1C(=O)OC. The fourth-order valence-corrected chi connectivity index (χ4v) is 3.29. The zero-order valence-corrected chi connectivity index (χ0v) is 17.6. The van der Waals surface area contributed by atoms with Crippen LogP contribution >= 0.6 is 0 Å². The predicted molar refractivity (Wildman–Crippen MR) is 117 cm³/mol. The van der Waals surface area contributed by atoms with Gasteiger partial charge in [0.2, 0.25) is 0 Å². The normalized spacial score (nSPS) is 11.4. The number of benzene rings is 2. The van der Waals surface area contributed by atoms with Crippen LogP contribution in [0.4, 0.5) is 5.69 Å². The molecule has 0 aliphatic carbocycles. The van der Waals surface area contributed by atoms with E-state index in [-0.39, 0.29) is 5.56 Å². The fourth-order valence-electron chi connectivity index (χ4n) is 3.29. The number of esters is 1. The molecule has 1 heterocycles. The van der Waals surface area contributed by atoms with Gasteiger partial charge < -0.3 is 9.47 Å². The first kappa shape index (κ1) is 21.1. The van der Waals surface area contributed by atoms with E-state index < -0.39 is 5.97 Å². The zero-order chi connectivity index (χ0) is 21.7. The Kier molecular flexibility index (Phi) is 6.51. The molecule has 7 nitrogen and oxygen atoms in total. The molecule has 3 aromatic rings. The Morgan fingerprint density at radius 1 is 1.10 bits per heavy atom. The molecule has 0 spiro atoms. The van der Waals surface area contributed by atoms with Crippen molar-refractivity contribution in [2.24, 2.45) is 4.99 Å². The number of aromatic amines is 1. The van der Waals surface area contributed by atoms with Crippen LogP contribution in [0.25, 0.3) is 5.69 Å². The number of para-hydroxylation sites is 1. The van der Waals surface area contributed by atoms with E-state index in [0.29, 0.717) is 40.4 Å². The van der Waals surface area contributed by atoms with Gasteiger partial charge in [0.05, 0.1) is 42.4 Å². The summed E-state index contributed by atoms with van der Waals surface area (Å²) in [7, 11) is 2.92. The lowest BCUT2D eigenvalue weighted by Gasteiger charge is -2.05. The first-order chi connectivity index (χ1) is 14.5. The highest BCUT2D eigenvalue weighted by Gasteiger charge is 2.18. The number of hydrogen-bond donors (Lipinski definition) is 1. The highest BCUT2D eigenvalue weighted by Crippen LogP contribution is 2.22. The van der Waals surface area contributed by atoms with Crippen molar-refractivity contribution in [2.45, 2.75) is 26.7 Å². The minimum atomic E-state index is -0.472. The Hall–Kier alpha value is -3.61. The quantitative estimate of drug-likeness (QED) is 0.473. The number of methoxy groups -OCH3 is 2. The zero-order valence-electron chi connectivity index (χ0n) is 17.6. The topological polar surface area (TPSA) is 85.7 Å². The van der Waals surface area contributed by atoms with E-state index in [9.17, 15) is 9.59 Å². The number of carbonyl (C=O) groups excluding carboxylic acids is 1. The van der Waals surface area contributed by atoms with Crippen LogP contribution < -0.4 is 10.3 Å². The second-order valence-corrected chi connectivity index (χ2v) is 6.76. The molecule has 156 valence electrons. The standard InChI is InChI=1S/C23H25N3O4/c1-5-8-20-21(15(2)24-19-10-7-6-9-18(19)23(28)30-4)22(27)26(25-20)16-11-13-17(29-3)14-12-16/h6-7,9-14,25H,5,8H2,1-4H3. The van der Waals surface area contributed by atoms with Gasteiger partial charge in [0.1, 0.15) is 5.75 Å². The van der Waals surface area contributed by atoms with Gasteiger partial charge in [-0.15, -0.1) is 0 Å². The third-order valence-electron chi connectivity index (χ3n) is 4.76. The van der Waals surface area contributed by atoms with Gasteiger partial charge in [0.25, 0.3) is 5.56 Å². The lowest BCUT2D eigenvalue weighted by molar-refractivity contribution is 0.0601. The van der Waals surface area contributed by atoms with Crippen LogP contribution in [0.3, 0.4) is 0 Å². The first-order valence-corrected chi connectivity index (χ1v) is 9.71. The van der Waals surface area contributed by atoms with Crippen LogP contribution in [0.2, 0.25) is 0 Å². The average molecular weight is 407 g/mol. The number of aliphatic imine (C=N–C) groups is 1. The lowest BCUT2D eigenvalue weighted by Crippen LogP contribution is -2.19. The number of nitrogens with one attached hydrogen (secondary N) is 1. The third-order valence-corrected chi connectivity index (χ3v) is 4.76. The van der Waals surface area contributed by atoms with Crippen molar-refractivity contribution in [3.8, 4) is 11.4 Å². The number of hydrogen-bond acceptors (Lipinski definition) is 5. The molecule has 0 saturated carbocycles. The largest absolute Gasteiger partial charge is 0.497 e. The molecule has 0 fully saturated rings. The summed E-state index contributed by atoms with van der Waals surface area (Å²) in [6.07, 6.45) is 1.56. The van der Waals surface area contributed by atoms with Gasteiger partial charge in [-0.2, -0.15) is 0 Å². The molecule has 0 unspecified atom stereocenters. The minimum absolute atomic E-state index is 0.194. The maximum atomic E-state index is 13.3. The summed E-state index contributed by atoms with van der Waals surface area (Å²) in [6, 6.07) is 14.1. The molecule has 1 aromatic heterocycles. The molecule has 0 saturated heterocycles. The summed E-state index contributed by atoms with van der Waals surface area (Å²) in [4.78, 5) is 29.9. The summed E-state index contributed by atoms with van der Waals surface area (Å²) < 4.78 is 11.5. The number of aromatic nitrogens is 2. The van der Waals surface area contributed by atoms with Crippen molar-refractivity contribution in [1.82, 2.24) is 9.78 Å². The van der Waals surface area contributed by atoms with Crippen LogP contribution in [-0.4, -0.2) is 35.7 Å². The molecule has 0 aliphatic rings. The molecular weight excluding hydrogens is 382 g/mol. The Bertz CT molecular complexity index is 1120. The molecule has 1 N–H and O–H groups in total. The summed E-state index contributed by atoms with van der Waals surface area (Å²) in [5.41, 5.74) is 3.15. The highest BCUT2D eigenvalue weighted by atomic mass is 16.5. The number of H-pyrrole nitrogens is 1. The molecule has 0 bridgehead atoms. The van der Waals surface area contributed by atoms with Gasteiger partial charge in [-0.1, -0.05) is 25.5 Å². The average Bonchev–Trinajstić information content (AvgIpc) is 3.09. The monoisotopic (exact) mass is 407 g/mol. The van der Waals surface area contributed by atoms with Crippen LogP contribution in [0.15, 0.2) is 58.3 Å². The van der Waals surface area contributed by atoms with E-state index in [1.165, 1.54) is 11.8 Å². The molecule has 2 aromatic carbocycles. The van der Waals surface area contributed by atoms with Crippen molar-refractivity contribution < 1.29 is 14.3 Å². The van der Waals surface area contributed by atoms with Crippen molar-refractivity contribution in [3.63, 3.8) is 0 Å². The van der Waals surface area contributed by atoms with E-state index >= 15 is 0 Å². The Morgan fingerprint density at radius 3 is 2.43 bits per heavy atom. The highest BCUT2D eigenvalue weighted by molar-refractivity contribution is 6.03. The van der Waals surface area contributed by atoms with Crippen LogP contribution in [-0.2, 0) is 11.2 Å². The molecule has 0 amide bonds. The predicted octanol–water partition coefficient (Wildman–Crippen LogP) is 4.05. The van der Waals surface area contributed by atoms with E-state index in [2.05, 4.69) is 10.1 Å².